The van der Waals surface area contributed by atoms with E-state index in [1.54, 1.807) is 30.3 Å². The van der Waals surface area contributed by atoms with Crippen LogP contribution in [0.4, 0.5) is 11.5 Å². The minimum atomic E-state index is -0.225. The molecule has 2 aromatic rings. The van der Waals surface area contributed by atoms with Gasteiger partial charge in [-0.1, -0.05) is 6.07 Å². The van der Waals surface area contributed by atoms with Gasteiger partial charge in [-0.2, -0.15) is 0 Å². The molecule has 6 nitrogen and oxygen atoms in total. The summed E-state index contributed by atoms with van der Waals surface area (Å²) in [5.74, 6) is 0.0832. The van der Waals surface area contributed by atoms with Crippen molar-refractivity contribution in [3.63, 3.8) is 0 Å². The van der Waals surface area contributed by atoms with E-state index in [0.29, 0.717) is 5.82 Å². The first-order chi connectivity index (χ1) is 11.8. The van der Waals surface area contributed by atoms with E-state index in [4.69, 9.17) is 0 Å². The number of benzene rings is 1. The molecule has 1 aromatic carbocycles. The third-order valence-corrected chi connectivity index (χ3v) is 3.80. The lowest BCUT2D eigenvalue weighted by molar-refractivity contribution is -0.119. The first-order valence-electron chi connectivity index (χ1n) is 7.80. The highest BCUT2D eigenvalue weighted by Gasteiger charge is 2.12. The summed E-state index contributed by atoms with van der Waals surface area (Å²) in [5, 5.41) is 5.55. The number of carbonyl (C=O) groups excluding carboxylic acids is 2. The SMILES string of the molecule is Cc1cc(C)cc(NC(=O)CN(C)CC(=O)Nc2ccc(Br)cn2)c1. The third kappa shape index (κ3) is 6.64. The zero-order chi connectivity index (χ0) is 18.4. The molecular weight excluding hydrogens is 384 g/mol. The van der Waals surface area contributed by atoms with E-state index < -0.39 is 0 Å². The summed E-state index contributed by atoms with van der Waals surface area (Å²) >= 11 is 3.29. The van der Waals surface area contributed by atoms with E-state index in [-0.39, 0.29) is 24.9 Å². The van der Waals surface area contributed by atoms with E-state index in [0.717, 1.165) is 21.3 Å². The molecule has 0 bridgehead atoms. The van der Waals surface area contributed by atoms with Gasteiger partial charge < -0.3 is 10.6 Å². The fourth-order valence-electron chi connectivity index (χ4n) is 2.43. The van der Waals surface area contributed by atoms with Crippen LogP contribution in [-0.4, -0.2) is 41.8 Å². The van der Waals surface area contributed by atoms with Crippen molar-refractivity contribution >= 4 is 39.2 Å². The Bertz CT molecular complexity index is 742. The molecular formula is C18H21BrN4O2. The first-order valence-corrected chi connectivity index (χ1v) is 8.59. The molecule has 0 saturated carbocycles. The Balaban J connectivity index is 1.82. The fourth-order valence-corrected chi connectivity index (χ4v) is 2.66. The third-order valence-electron chi connectivity index (χ3n) is 3.33. The van der Waals surface area contributed by atoms with Gasteiger partial charge in [-0.25, -0.2) is 4.98 Å². The zero-order valence-electron chi connectivity index (χ0n) is 14.5. The molecule has 1 aromatic heterocycles. The number of amides is 2. The number of nitrogens with zero attached hydrogens (tertiary/aromatic N) is 2. The van der Waals surface area contributed by atoms with Crippen LogP contribution in [0.15, 0.2) is 41.0 Å². The van der Waals surface area contributed by atoms with E-state index in [9.17, 15) is 9.59 Å². The maximum atomic E-state index is 12.1. The lowest BCUT2D eigenvalue weighted by Crippen LogP contribution is -2.36. The highest BCUT2D eigenvalue weighted by atomic mass is 79.9. The van der Waals surface area contributed by atoms with Gasteiger partial charge in [0.15, 0.2) is 0 Å². The van der Waals surface area contributed by atoms with Gasteiger partial charge in [0.05, 0.1) is 13.1 Å². The summed E-state index contributed by atoms with van der Waals surface area (Å²) in [5.41, 5.74) is 2.94. The Morgan fingerprint density at radius 1 is 1.04 bits per heavy atom. The minimum Gasteiger partial charge on any atom is -0.325 e. The predicted molar refractivity (Wildman–Crippen MR) is 103 cm³/mol. The number of halogens is 1. The maximum absolute atomic E-state index is 12.1. The molecule has 1 heterocycles. The van der Waals surface area contributed by atoms with Crippen molar-refractivity contribution in [2.75, 3.05) is 30.8 Å². The van der Waals surface area contributed by atoms with Crippen LogP contribution in [0.2, 0.25) is 0 Å². The lowest BCUT2D eigenvalue weighted by Gasteiger charge is -2.16. The van der Waals surface area contributed by atoms with Gasteiger partial charge in [0.25, 0.3) is 0 Å². The summed E-state index contributed by atoms with van der Waals surface area (Å²) in [7, 11) is 1.72. The van der Waals surface area contributed by atoms with Gasteiger partial charge in [0.1, 0.15) is 5.82 Å². The molecule has 2 rings (SSSR count). The van der Waals surface area contributed by atoms with Crippen molar-refractivity contribution in [1.29, 1.82) is 0 Å². The Morgan fingerprint density at radius 2 is 1.64 bits per heavy atom. The van der Waals surface area contributed by atoms with Crippen LogP contribution in [-0.2, 0) is 9.59 Å². The molecule has 0 saturated heterocycles. The van der Waals surface area contributed by atoms with E-state index in [1.807, 2.05) is 32.0 Å². The molecule has 7 heteroatoms. The smallest absolute Gasteiger partial charge is 0.239 e. The van der Waals surface area contributed by atoms with Gasteiger partial charge >= 0.3 is 0 Å². The number of anilines is 2. The number of nitrogens with one attached hydrogen (secondary N) is 2. The molecule has 0 unspecified atom stereocenters. The number of hydrogen-bond donors (Lipinski definition) is 2. The highest BCUT2D eigenvalue weighted by Crippen LogP contribution is 2.13. The summed E-state index contributed by atoms with van der Waals surface area (Å²) in [4.78, 5) is 29.8. The van der Waals surface area contributed by atoms with Crippen LogP contribution >= 0.6 is 15.9 Å². The van der Waals surface area contributed by atoms with Gasteiger partial charge in [-0.3, -0.25) is 14.5 Å². The zero-order valence-corrected chi connectivity index (χ0v) is 16.1. The molecule has 0 aliphatic rings. The molecule has 2 amide bonds. The molecule has 0 spiro atoms. The summed E-state index contributed by atoms with van der Waals surface area (Å²) in [6.45, 7) is 4.18. The number of hydrogen-bond acceptors (Lipinski definition) is 4. The minimum absolute atomic E-state index is 0.0952. The van der Waals surface area contributed by atoms with E-state index >= 15 is 0 Å². The van der Waals surface area contributed by atoms with Gasteiger partial charge in [0.2, 0.25) is 11.8 Å². The number of aryl methyl sites for hydroxylation is 2. The molecule has 0 fully saturated rings. The number of carbonyl (C=O) groups is 2. The average molecular weight is 405 g/mol. The number of rotatable bonds is 6. The number of aromatic nitrogens is 1. The van der Waals surface area contributed by atoms with Crippen molar-refractivity contribution in [2.45, 2.75) is 13.8 Å². The van der Waals surface area contributed by atoms with Gasteiger partial charge in [0, 0.05) is 16.4 Å². The second-order valence-corrected chi connectivity index (χ2v) is 6.92. The second kappa shape index (κ2) is 8.73. The second-order valence-electron chi connectivity index (χ2n) is 6.01. The van der Waals surface area contributed by atoms with Crippen LogP contribution in [0, 0.1) is 13.8 Å². The van der Waals surface area contributed by atoms with E-state index in [1.165, 1.54) is 0 Å². The van der Waals surface area contributed by atoms with Crippen molar-refractivity contribution in [3.05, 3.63) is 52.1 Å². The molecule has 0 atom stereocenters. The molecule has 0 radical (unpaired) electrons. The van der Waals surface area contributed by atoms with Crippen molar-refractivity contribution in [3.8, 4) is 0 Å². The largest absolute Gasteiger partial charge is 0.325 e. The Labute approximate surface area is 155 Å². The van der Waals surface area contributed by atoms with E-state index in [2.05, 4.69) is 31.5 Å². The Kier molecular flexibility index (Phi) is 6.66. The number of likely N-dealkylation sites (N-methyl/N-ethyl adjacent to an activating group) is 1. The summed E-state index contributed by atoms with van der Waals surface area (Å²) < 4.78 is 0.839. The summed E-state index contributed by atoms with van der Waals surface area (Å²) in [6.07, 6.45) is 1.61. The standard InChI is InChI=1S/C18H21BrN4O2/c1-12-6-13(2)8-15(7-12)21-17(24)10-23(3)11-18(25)22-16-5-4-14(19)9-20-16/h4-9H,10-11H2,1-3H3,(H,21,24)(H,20,22,25). The van der Waals surface area contributed by atoms with Crippen molar-refractivity contribution in [1.82, 2.24) is 9.88 Å². The molecule has 2 N–H and O–H groups in total. The van der Waals surface area contributed by atoms with Crippen molar-refractivity contribution in [2.24, 2.45) is 0 Å². The molecule has 132 valence electrons. The molecule has 0 aliphatic carbocycles. The van der Waals surface area contributed by atoms with Crippen LogP contribution in [0.5, 0.6) is 0 Å². The fraction of sp³-hybridized carbons (Fsp3) is 0.278. The van der Waals surface area contributed by atoms with Crippen LogP contribution in [0.25, 0.3) is 0 Å². The normalized spacial score (nSPS) is 10.6. The van der Waals surface area contributed by atoms with Crippen molar-refractivity contribution < 1.29 is 9.59 Å². The van der Waals surface area contributed by atoms with Gasteiger partial charge in [-0.15, -0.1) is 0 Å². The first kappa shape index (κ1) is 19.1. The average Bonchev–Trinajstić information content (AvgIpc) is 2.47. The van der Waals surface area contributed by atoms with Crippen LogP contribution in [0.3, 0.4) is 0 Å². The van der Waals surface area contributed by atoms with Gasteiger partial charge in [-0.05, 0) is 72.2 Å². The lowest BCUT2D eigenvalue weighted by atomic mass is 10.1. The van der Waals surface area contributed by atoms with Crippen LogP contribution in [0.1, 0.15) is 11.1 Å². The predicted octanol–water partition coefficient (Wildman–Crippen LogP) is 2.97. The maximum Gasteiger partial charge on any atom is 0.239 e. The summed E-state index contributed by atoms with van der Waals surface area (Å²) in [6, 6.07) is 9.37. The number of pyridine rings is 1. The quantitative estimate of drug-likeness (QED) is 0.775. The Morgan fingerprint density at radius 3 is 2.20 bits per heavy atom. The topological polar surface area (TPSA) is 74.3 Å². The highest BCUT2D eigenvalue weighted by molar-refractivity contribution is 9.10. The Hall–Kier alpha value is -2.25. The molecule has 25 heavy (non-hydrogen) atoms. The molecule has 0 aliphatic heterocycles. The monoisotopic (exact) mass is 404 g/mol. The van der Waals surface area contributed by atoms with Crippen LogP contribution < -0.4 is 10.6 Å².